The van der Waals surface area contributed by atoms with Gasteiger partial charge in [-0.2, -0.15) is 13.2 Å². The number of methoxy groups -OCH3 is 1. The topological polar surface area (TPSA) is 111 Å². The van der Waals surface area contributed by atoms with Gasteiger partial charge in [0.25, 0.3) is 0 Å². The number of hydrogen-bond donors (Lipinski definition) is 3. The molecule has 0 saturated heterocycles. The number of carboxylic acids is 1. The second-order valence-electron chi connectivity index (χ2n) is 6.43. The van der Waals surface area contributed by atoms with Gasteiger partial charge in [0, 0.05) is 12.1 Å². The Kier molecular flexibility index (Phi) is 7.91. The summed E-state index contributed by atoms with van der Waals surface area (Å²) >= 11 is 0. The first-order valence-corrected chi connectivity index (χ1v) is 8.93. The minimum Gasteiger partial charge on any atom is -0.478 e. The molecule has 1 aliphatic heterocycles. The van der Waals surface area contributed by atoms with Crippen molar-refractivity contribution in [1.29, 1.82) is 0 Å². The molecule has 0 saturated carbocycles. The maximum Gasteiger partial charge on any atom is 0.419 e. The van der Waals surface area contributed by atoms with E-state index in [0.717, 1.165) is 7.11 Å². The van der Waals surface area contributed by atoms with Crippen molar-refractivity contribution >= 4 is 11.9 Å². The molecule has 1 atom stereocenters. The number of esters is 1. The van der Waals surface area contributed by atoms with Crippen LogP contribution in [-0.4, -0.2) is 50.6 Å². The molecule has 0 bridgehead atoms. The molecular weight excluding hydrogens is 450 g/mol. The highest BCUT2D eigenvalue weighted by Crippen LogP contribution is 2.46. The van der Waals surface area contributed by atoms with Crippen molar-refractivity contribution < 1.29 is 50.5 Å². The highest BCUT2D eigenvalue weighted by Gasteiger charge is 2.47. The molecule has 0 amide bonds. The van der Waals surface area contributed by atoms with Gasteiger partial charge in [-0.15, -0.1) is 0 Å². The van der Waals surface area contributed by atoms with Gasteiger partial charge >= 0.3 is 18.1 Å². The maximum atomic E-state index is 14.8. The Labute approximate surface area is 177 Å². The molecule has 32 heavy (non-hydrogen) atoms. The molecule has 1 heterocycles. The predicted octanol–water partition coefficient (Wildman–Crippen LogP) is 2.38. The summed E-state index contributed by atoms with van der Waals surface area (Å²) in [6.45, 7) is -2.21. The highest BCUT2D eigenvalue weighted by molar-refractivity contribution is 5.99. The molecule has 1 aliphatic rings. The van der Waals surface area contributed by atoms with E-state index in [1.54, 1.807) is 0 Å². The molecule has 176 valence electrons. The van der Waals surface area contributed by atoms with Gasteiger partial charge in [-0.3, -0.25) is 0 Å². The summed E-state index contributed by atoms with van der Waals surface area (Å²) < 4.78 is 93.4. The number of allylic oxidation sites excluding steroid dienone is 1. The molecule has 0 aromatic heterocycles. The monoisotopic (exact) mass is 468 g/mol. The normalized spacial score (nSPS) is 16.8. The summed E-state index contributed by atoms with van der Waals surface area (Å²) in [5.74, 6) is -9.26. The van der Waals surface area contributed by atoms with Crippen LogP contribution in [0.4, 0.5) is 26.3 Å². The molecule has 4 N–H and O–H groups in total. The number of halogens is 6. The zero-order chi connectivity index (χ0) is 24.2. The number of dihydropyridines is 1. The van der Waals surface area contributed by atoms with Crippen molar-refractivity contribution in [3.05, 3.63) is 57.4 Å². The summed E-state index contributed by atoms with van der Waals surface area (Å²) in [5.41, 5.74) is -1.45. The van der Waals surface area contributed by atoms with Crippen molar-refractivity contribution in [3.63, 3.8) is 0 Å². The van der Waals surface area contributed by atoms with E-state index in [-0.39, 0.29) is 19.2 Å². The van der Waals surface area contributed by atoms with Gasteiger partial charge in [-0.25, -0.2) is 22.8 Å². The summed E-state index contributed by atoms with van der Waals surface area (Å²) in [7, 11) is 0.804. The number of nitrogens with two attached hydrogens (primary N) is 1. The second-order valence-corrected chi connectivity index (χ2v) is 6.43. The third-order valence-corrected chi connectivity index (χ3v) is 4.52. The largest absolute Gasteiger partial charge is 0.478 e. The van der Waals surface area contributed by atoms with Crippen LogP contribution in [0.2, 0.25) is 0 Å². The number of rotatable bonds is 8. The average molecular weight is 468 g/mol. The minimum atomic E-state index is -5.48. The minimum absolute atomic E-state index is 0.00488. The third-order valence-electron chi connectivity index (χ3n) is 4.52. The van der Waals surface area contributed by atoms with Crippen LogP contribution >= 0.6 is 0 Å². The fourth-order valence-electron chi connectivity index (χ4n) is 3.32. The Morgan fingerprint density at radius 1 is 1.16 bits per heavy atom. The third kappa shape index (κ3) is 4.88. The van der Waals surface area contributed by atoms with Crippen LogP contribution < -0.4 is 11.1 Å². The number of carboxylic acid groups (broad SMARTS) is 1. The molecule has 0 radical (unpaired) electrons. The first-order chi connectivity index (χ1) is 15.0. The summed E-state index contributed by atoms with van der Waals surface area (Å²) in [5, 5.41) is 12.0. The molecule has 0 spiro atoms. The number of hydrogen-bond acceptors (Lipinski definition) is 6. The van der Waals surface area contributed by atoms with E-state index >= 15 is 0 Å². The number of benzene rings is 1. The predicted molar refractivity (Wildman–Crippen MR) is 96.8 cm³/mol. The molecule has 0 fully saturated rings. The van der Waals surface area contributed by atoms with Crippen LogP contribution in [0.25, 0.3) is 0 Å². The summed E-state index contributed by atoms with van der Waals surface area (Å²) in [6, 6.07) is 0.547. The average Bonchev–Trinajstić information content (AvgIpc) is 2.72. The lowest BCUT2D eigenvalue weighted by molar-refractivity contribution is -0.142. The van der Waals surface area contributed by atoms with Crippen LogP contribution in [0.3, 0.4) is 0 Å². The van der Waals surface area contributed by atoms with E-state index in [1.807, 2.05) is 0 Å². The lowest BCUT2D eigenvalue weighted by Crippen LogP contribution is -2.37. The molecule has 13 heteroatoms. The molecule has 7 nitrogen and oxygen atoms in total. The standard InChI is InChI=1S/C19H18F6N2O5/c1-31-18(30)14-10(6-20)27-11(7-32-5-4-26)13(17(28)29)15(14)12-8(21)2-3-9(22)16(12)19(23,24)25/h2-3,15,27H,4-7,26H2,1H3,(H,28,29). The molecule has 1 aromatic rings. The lowest BCUT2D eigenvalue weighted by atomic mass is 9.78. The van der Waals surface area contributed by atoms with Crippen LogP contribution in [0, 0.1) is 11.6 Å². The molecule has 1 unspecified atom stereocenters. The summed E-state index contributed by atoms with van der Waals surface area (Å²) in [4.78, 5) is 24.4. The zero-order valence-corrected chi connectivity index (χ0v) is 16.5. The van der Waals surface area contributed by atoms with Gasteiger partial charge in [-0.05, 0) is 12.1 Å². The van der Waals surface area contributed by atoms with Crippen LogP contribution in [0.5, 0.6) is 0 Å². The molecule has 0 aliphatic carbocycles. The Bertz CT molecular complexity index is 974. The van der Waals surface area contributed by atoms with Crippen LogP contribution in [-0.2, 0) is 25.2 Å². The maximum absolute atomic E-state index is 14.8. The fraction of sp³-hybridized carbons (Fsp3) is 0.368. The second kappa shape index (κ2) is 10.0. The van der Waals surface area contributed by atoms with Crippen LogP contribution in [0.15, 0.2) is 34.7 Å². The zero-order valence-electron chi connectivity index (χ0n) is 16.5. The van der Waals surface area contributed by atoms with E-state index in [4.69, 9.17) is 10.5 Å². The van der Waals surface area contributed by atoms with Crippen molar-refractivity contribution in [2.24, 2.45) is 5.73 Å². The van der Waals surface area contributed by atoms with E-state index in [0.29, 0.717) is 6.07 Å². The van der Waals surface area contributed by atoms with Gasteiger partial charge in [0.15, 0.2) is 0 Å². The Morgan fingerprint density at radius 3 is 2.28 bits per heavy atom. The highest BCUT2D eigenvalue weighted by atomic mass is 19.4. The Balaban J connectivity index is 2.96. The van der Waals surface area contributed by atoms with E-state index in [1.165, 1.54) is 0 Å². The smallest absolute Gasteiger partial charge is 0.419 e. The van der Waals surface area contributed by atoms with E-state index < -0.39 is 82.6 Å². The Morgan fingerprint density at radius 2 is 1.78 bits per heavy atom. The van der Waals surface area contributed by atoms with Gasteiger partial charge < -0.3 is 25.6 Å². The van der Waals surface area contributed by atoms with E-state index in [9.17, 15) is 41.0 Å². The first-order valence-electron chi connectivity index (χ1n) is 8.93. The number of carbonyl (C=O) groups excluding carboxylic acids is 1. The lowest BCUT2D eigenvalue weighted by Gasteiger charge is -2.32. The number of alkyl halides is 4. The van der Waals surface area contributed by atoms with Gasteiger partial charge in [0.1, 0.15) is 18.3 Å². The number of aliphatic carboxylic acids is 1. The van der Waals surface area contributed by atoms with Crippen molar-refractivity contribution in [2.75, 3.05) is 33.5 Å². The quantitative estimate of drug-likeness (QED) is 0.305. The van der Waals surface area contributed by atoms with Gasteiger partial charge in [-0.1, -0.05) is 0 Å². The van der Waals surface area contributed by atoms with Crippen molar-refractivity contribution in [1.82, 2.24) is 5.32 Å². The van der Waals surface area contributed by atoms with Gasteiger partial charge in [0.2, 0.25) is 0 Å². The molecular formula is C19H18F6N2O5. The fourth-order valence-corrected chi connectivity index (χ4v) is 3.32. The van der Waals surface area contributed by atoms with Crippen molar-refractivity contribution in [3.8, 4) is 0 Å². The number of carbonyl (C=O) groups is 2. The number of nitrogens with one attached hydrogen (secondary N) is 1. The number of ether oxygens (including phenoxy) is 2. The van der Waals surface area contributed by atoms with E-state index in [2.05, 4.69) is 10.1 Å². The Hall–Kier alpha value is -3.06. The molecule has 2 rings (SSSR count). The SMILES string of the molecule is COC(=O)C1=C(CF)NC(COCCN)=C(C(=O)O)C1c1c(F)ccc(F)c1C(F)(F)F. The summed E-state index contributed by atoms with van der Waals surface area (Å²) in [6.07, 6.45) is -5.48. The molecule has 1 aromatic carbocycles. The van der Waals surface area contributed by atoms with Crippen LogP contribution in [0.1, 0.15) is 17.0 Å². The van der Waals surface area contributed by atoms with Crippen molar-refractivity contribution in [2.45, 2.75) is 12.1 Å². The van der Waals surface area contributed by atoms with Gasteiger partial charge in [0.05, 0.1) is 54.3 Å². The first kappa shape index (κ1) is 25.2.